The Morgan fingerprint density at radius 1 is 1.14 bits per heavy atom. The summed E-state index contributed by atoms with van der Waals surface area (Å²) < 4.78 is 2.02. The fourth-order valence-corrected chi connectivity index (χ4v) is 3.14. The van der Waals surface area contributed by atoms with Gasteiger partial charge in [0, 0.05) is 11.9 Å². The largest absolute Gasteiger partial charge is 0.326 e. The van der Waals surface area contributed by atoms with E-state index in [1.165, 1.54) is 11.1 Å². The molecule has 1 heterocycles. The molecule has 0 radical (unpaired) electrons. The van der Waals surface area contributed by atoms with E-state index in [0.29, 0.717) is 17.3 Å². The Morgan fingerprint density at radius 2 is 1.86 bits per heavy atom. The molecule has 2 aromatic carbocycles. The molecule has 3 heteroatoms. The monoisotopic (exact) mass is 294 g/mol. The Kier molecular flexibility index (Phi) is 3.45. The second-order valence-corrected chi connectivity index (χ2v) is 5.68. The number of benzene rings is 2. The van der Waals surface area contributed by atoms with Crippen molar-refractivity contribution in [1.29, 1.82) is 5.26 Å². The van der Waals surface area contributed by atoms with Crippen molar-refractivity contribution < 1.29 is 0 Å². The van der Waals surface area contributed by atoms with Gasteiger partial charge in [0.25, 0.3) is 0 Å². The molecule has 0 saturated carbocycles. The van der Waals surface area contributed by atoms with E-state index in [0.717, 1.165) is 16.5 Å². The second kappa shape index (κ2) is 5.27. The van der Waals surface area contributed by atoms with Gasteiger partial charge in [-0.3, -0.25) is 0 Å². The number of aromatic nitrogens is 1. The molecule has 0 saturated heterocycles. The number of nitrogens with zero attached hydrogens (tertiary/aromatic N) is 2. The van der Waals surface area contributed by atoms with Crippen molar-refractivity contribution >= 4 is 22.5 Å². The SMILES string of the molecule is Cc1cc(C)c2c(C#N)c(Cl)n(Cc3ccccc3)c2c1. The van der Waals surface area contributed by atoms with Crippen LogP contribution in [0.4, 0.5) is 0 Å². The van der Waals surface area contributed by atoms with Gasteiger partial charge in [-0.05, 0) is 36.6 Å². The van der Waals surface area contributed by atoms with Crippen LogP contribution in [0.3, 0.4) is 0 Å². The first-order valence-corrected chi connectivity index (χ1v) is 7.22. The molecule has 0 fully saturated rings. The zero-order valence-corrected chi connectivity index (χ0v) is 12.8. The number of aryl methyl sites for hydroxylation is 2. The predicted molar refractivity (Wildman–Crippen MR) is 86.7 cm³/mol. The number of hydrogen-bond acceptors (Lipinski definition) is 1. The van der Waals surface area contributed by atoms with Crippen LogP contribution in [0.1, 0.15) is 22.3 Å². The van der Waals surface area contributed by atoms with Gasteiger partial charge in [-0.1, -0.05) is 48.0 Å². The van der Waals surface area contributed by atoms with Crippen LogP contribution in [0.2, 0.25) is 5.15 Å². The Hall–Kier alpha value is -2.24. The molecule has 0 aliphatic carbocycles. The van der Waals surface area contributed by atoms with Crippen LogP contribution in [0.25, 0.3) is 10.9 Å². The Bertz CT molecular complexity index is 855. The third-order valence-corrected chi connectivity index (χ3v) is 4.13. The van der Waals surface area contributed by atoms with E-state index in [1.54, 1.807) is 0 Å². The molecule has 0 atom stereocenters. The minimum absolute atomic E-state index is 0.519. The third-order valence-electron chi connectivity index (χ3n) is 3.74. The van der Waals surface area contributed by atoms with Gasteiger partial charge in [0.05, 0.1) is 11.1 Å². The van der Waals surface area contributed by atoms with Crippen LogP contribution in [0.15, 0.2) is 42.5 Å². The van der Waals surface area contributed by atoms with E-state index in [1.807, 2.05) is 29.7 Å². The van der Waals surface area contributed by atoms with Crippen LogP contribution in [-0.4, -0.2) is 4.57 Å². The molecule has 3 aromatic rings. The number of hydrogen-bond donors (Lipinski definition) is 0. The summed E-state index contributed by atoms with van der Waals surface area (Å²) >= 11 is 6.47. The molecule has 1 aromatic heterocycles. The molecule has 0 bridgehead atoms. The first kappa shape index (κ1) is 13.7. The van der Waals surface area contributed by atoms with E-state index in [2.05, 4.69) is 37.3 Å². The van der Waals surface area contributed by atoms with Crippen LogP contribution in [-0.2, 0) is 6.54 Å². The Balaban J connectivity index is 2.28. The summed E-state index contributed by atoms with van der Waals surface area (Å²) in [5.74, 6) is 0. The van der Waals surface area contributed by atoms with Gasteiger partial charge in [-0.25, -0.2) is 0 Å². The molecule has 0 amide bonds. The summed E-state index contributed by atoms with van der Waals surface area (Å²) in [5, 5.41) is 10.9. The first-order chi connectivity index (χ1) is 10.1. The van der Waals surface area contributed by atoms with Crippen molar-refractivity contribution in [3.63, 3.8) is 0 Å². The summed E-state index contributed by atoms with van der Waals surface area (Å²) in [5.41, 5.74) is 5.03. The van der Waals surface area contributed by atoms with Crippen LogP contribution >= 0.6 is 11.6 Å². The average molecular weight is 295 g/mol. The molecular formula is C18H15ClN2. The summed E-state index contributed by atoms with van der Waals surface area (Å²) in [6.45, 7) is 4.76. The van der Waals surface area contributed by atoms with Crippen LogP contribution < -0.4 is 0 Å². The number of nitriles is 1. The molecule has 0 unspecified atom stereocenters. The van der Waals surface area contributed by atoms with E-state index < -0.39 is 0 Å². The lowest BCUT2D eigenvalue weighted by molar-refractivity contribution is 0.836. The van der Waals surface area contributed by atoms with Crippen molar-refractivity contribution in [1.82, 2.24) is 4.57 Å². The molecule has 3 rings (SSSR count). The van der Waals surface area contributed by atoms with Crippen LogP contribution in [0.5, 0.6) is 0 Å². The Morgan fingerprint density at radius 3 is 2.52 bits per heavy atom. The molecular weight excluding hydrogens is 280 g/mol. The van der Waals surface area contributed by atoms with Gasteiger partial charge < -0.3 is 4.57 Å². The molecule has 2 nitrogen and oxygen atoms in total. The van der Waals surface area contributed by atoms with Gasteiger partial charge >= 0.3 is 0 Å². The number of rotatable bonds is 2. The zero-order valence-electron chi connectivity index (χ0n) is 12.0. The lowest BCUT2D eigenvalue weighted by Crippen LogP contribution is -1.99. The van der Waals surface area contributed by atoms with Gasteiger partial charge in [0.2, 0.25) is 0 Å². The van der Waals surface area contributed by atoms with E-state index in [-0.39, 0.29) is 0 Å². The molecule has 0 aliphatic heterocycles. The van der Waals surface area contributed by atoms with E-state index >= 15 is 0 Å². The lowest BCUT2D eigenvalue weighted by atomic mass is 10.1. The van der Waals surface area contributed by atoms with Crippen molar-refractivity contribution in [3.8, 4) is 6.07 Å². The summed E-state index contributed by atoms with van der Waals surface area (Å²) in [6.07, 6.45) is 0. The van der Waals surface area contributed by atoms with E-state index in [4.69, 9.17) is 11.6 Å². The molecule has 0 spiro atoms. The number of fused-ring (bicyclic) bond motifs is 1. The predicted octanol–water partition coefficient (Wildman–Crippen LogP) is 4.83. The van der Waals surface area contributed by atoms with Crippen molar-refractivity contribution in [2.24, 2.45) is 0 Å². The first-order valence-electron chi connectivity index (χ1n) is 6.84. The highest BCUT2D eigenvalue weighted by Gasteiger charge is 2.17. The van der Waals surface area contributed by atoms with Crippen molar-refractivity contribution in [3.05, 3.63) is 69.9 Å². The average Bonchev–Trinajstić information content (AvgIpc) is 2.73. The number of halogens is 1. The molecule has 104 valence electrons. The normalized spacial score (nSPS) is 10.8. The maximum absolute atomic E-state index is 9.44. The van der Waals surface area contributed by atoms with Crippen molar-refractivity contribution in [2.75, 3.05) is 0 Å². The maximum Gasteiger partial charge on any atom is 0.128 e. The van der Waals surface area contributed by atoms with Crippen LogP contribution in [0, 0.1) is 25.2 Å². The summed E-state index contributed by atoms with van der Waals surface area (Å²) in [4.78, 5) is 0. The highest BCUT2D eigenvalue weighted by Crippen LogP contribution is 2.33. The summed E-state index contributed by atoms with van der Waals surface area (Å²) in [7, 11) is 0. The lowest BCUT2D eigenvalue weighted by Gasteiger charge is -2.08. The smallest absolute Gasteiger partial charge is 0.128 e. The molecule has 0 aliphatic rings. The Labute approximate surface area is 129 Å². The fourth-order valence-electron chi connectivity index (χ4n) is 2.85. The van der Waals surface area contributed by atoms with Gasteiger partial charge in [-0.15, -0.1) is 0 Å². The highest BCUT2D eigenvalue weighted by atomic mass is 35.5. The molecule has 21 heavy (non-hydrogen) atoms. The maximum atomic E-state index is 9.44. The highest BCUT2D eigenvalue weighted by molar-refractivity contribution is 6.32. The third kappa shape index (κ3) is 2.30. The standard InChI is InChI=1S/C18H15ClN2/c1-12-8-13(2)17-15(10-20)18(19)21(16(17)9-12)11-14-6-4-3-5-7-14/h3-9H,11H2,1-2H3. The van der Waals surface area contributed by atoms with Gasteiger partial charge in [-0.2, -0.15) is 5.26 Å². The topological polar surface area (TPSA) is 28.7 Å². The second-order valence-electron chi connectivity index (χ2n) is 5.33. The van der Waals surface area contributed by atoms with Gasteiger partial charge in [0.15, 0.2) is 0 Å². The van der Waals surface area contributed by atoms with Gasteiger partial charge in [0.1, 0.15) is 11.2 Å². The summed E-state index contributed by atoms with van der Waals surface area (Å²) in [6, 6.07) is 16.6. The zero-order chi connectivity index (χ0) is 15.0. The quantitative estimate of drug-likeness (QED) is 0.665. The van der Waals surface area contributed by atoms with E-state index in [9.17, 15) is 5.26 Å². The fraction of sp³-hybridized carbons (Fsp3) is 0.167. The minimum Gasteiger partial charge on any atom is -0.326 e. The molecule has 0 N–H and O–H groups in total. The minimum atomic E-state index is 0.519. The van der Waals surface area contributed by atoms with Crippen molar-refractivity contribution in [2.45, 2.75) is 20.4 Å².